The molecule has 0 spiro atoms. The van der Waals surface area contributed by atoms with Crippen molar-refractivity contribution in [2.75, 3.05) is 0 Å². The summed E-state index contributed by atoms with van der Waals surface area (Å²) in [7, 11) is 0. The van der Waals surface area contributed by atoms with Gasteiger partial charge in [-0.3, -0.25) is 19.2 Å². The fourth-order valence-corrected chi connectivity index (χ4v) is 1.26. The minimum atomic E-state index is -0.427. The molecular formula is C18H28N4O4. The first-order valence-corrected chi connectivity index (χ1v) is 7.73. The molecule has 26 heavy (non-hydrogen) atoms. The lowest BCUT2D eigenvalue weighted by molar-refractivity contribution is -0.121. The Labute approximate surface area is 154 Å². The molecule has 0 rings (SSSR count). The van der Waals surface area contributed by atoms with E-state index in [1.807, 2.05) is 0 Å². The summed E-state index contributed by atoms with van der Waals surface area (Å²) in [6, 6.07) is 0. The van der Waals surface area contributed by atoms with Crippen LogP contribution in [-0.4, -0.2) is 36.0 Å². The van der Waals surface area contributed by atoms with Crippen LogP contribution in [0.2, 0.25) is 0 Å². The standard InChI is InChI=1S/C10H16N2O2.C8H12N2O2/c1-6(2)9(13)11-8(5)12-10(14)7(3)4;1-4-7(11)9-6(3)10-8(12)5-2/h8H,1,3H2,2,4-5H3,(H,11,13)(H,12,14);4-6H,1-2H2,3H3,(H,9,11)(H,10,12). The quantitative estimate of drug-likeness (QED) is 0.374. The summed E-state index contributed by atoms with van der Waals surface area (Å²) >= 11 is 0. The van der Waals surface area contributed by atoms with Crippen LogP contribution in [0.15, 0.2) is 49.6 Å². The molecule has 0 radical (unpaired) electrons. The predicted octanol–water partition coefficient (Wildman–Crippen LogP) is 0.654. The molecule has 4 N–H and O–H groups in total. The fraction of sp³-hybridized carbons (Fsp3) is 0.333. The van der Waals surface area contributed by atoms with E-state index in [2.05, 4.69) is 47.6 Å². The van der Waals surface area contributed by atoms with Crippen LogP contribution in [0.3, 0.4) is 0 Å². The molecule has 4 amide bonds. The largest absolute Gasteiger partial charge is 0.333 e. The van der Waals surface area contributed by atoms with E-state index in [-0.39, 0.29) is 23.6 Å². The van der Waals surface area contributed by atoms with Crippen LogP contribution in [0, 0.1) is 0 Å². The summed E-state index contributed by atoms with van der Waals surface area (Å²) in [6.45, 7) is 20.0. The number of hydrogen-bond donors (Lipinski definition) is 4. The maximum absolute atomic E-state index is 11.1. The van der Waals surface area contributed by atoms with E-state index in [4.69, 9.17) is 0 Å². The van der Waals surface area contributed by atoms with Gasteiger partial charge in [0, 0.05) is 11.1 Å². The highest BCUT2D eigenvalue weighted by Crippen LogP contribution is 1.90. The lowest BCUT2D eigenvalue weighted by Gasteiger charge is -2.15. The van der Waals surface area contributed by atoms with E-state index in [9.17, 15) is 19.2 Å². The smallest absolute Gasteiger partial charge is 0.247 e. The molecule has 0 aromatic carbocycles. The van der Waals surface area contributed by atoms with E-state index in [0.29, 0.717) is 11.1 Å². The van der Waals surface area contributed by atoms with Gasteiger partial charge in [0.25, 0.3) is 0 Å². The Balaban J connectivity index is 0. The Kier molecular flexibility index (Phi) is 12.7. The van der Waals surface area contributed by atoms with Gasteiger partial charge >= 0.3 is 0 Å². The molecule has 0 saturated heterocycles. The van der Waals surface area contributed by atoms with Crippen molar-refractivity contribution >= 4 is 23.6 Å². The molecule has 0 unspecified atom stereocenters. The SMILES string of the molecule is C=C(C)C(=O)NC(C)NC(=O)C(=C)C.C=CC(=O)NC(C)NC(=O)C=C. The Morgan fingerprint density at radius 3 is 1.19 bits per heavy atom. The Hall–Kier alpha value is -3.16. The van der Waals surface area contributed by atoms with E-state index >= 15 is 0 Å². The van der Waals surface area contributed by atoms with Crippen molar-refractivity contribution in [2.45, 2.75) is 40.0 Å². The van der Waals surface area contributed by atoms with Gasteiger partial charge in [-0.05, 0) is 39.8 Å². The molecule has 8 nitrogen and oxygen atoms in total. The van der Waals surface area contributed by atoms with Crippen molar-refractivity contribution < 1.29 is 19.2 Å². The van der Waals surface area contributed by atoms with Gasteiger partial charge < -0.3 is 21.3 Å². The summed E-state index contributed by atoms with van der Waals surface area (Å²) in [5.74, 6) is -1.21. The Bertz CT molecular complexity index is 546. The van der Waals surface area contributed by atoms with Crippen molar-refractivity contribution in [3.63, 3.8) is 0 Å². The highest BCUT2D eigenvalue weighted by atomic mass is 16.2. The van der Waals surface area contributed by atoms with Crippen LogP contribution < -0.4 is 21.3 Å². The molecule has 0 atom stereocenters. The summed E-state index contributed by atoms with van der Waals surface area (Å²) < 4.78 is 0. The molecule has 0 aliphatic heterocycles. The third-order valence-corrected chi connectivity index (χ3v) is 2.56. The number of carbonyl (C=O) groups excluding carboxylic acids is 4. The first kappa shape index (κ1) is 25.1. The third-order valence-electron chi connectivity index (χ3n) is 2.56. The minimum absolute atomic E-state index is 0.278. The van der Waals surface area contributed by atoms with Gasteiger partial charge in [-0.25, -0.2) is 0 Å². The van der Waals surface area contributed by atoms with Crippen molar-refractivity contribution in [1.29, 1.82) is 0 Å². The Morgan fingerprint density at radius 1 is 0.692 bits per heavy atom. The van der Waals surface area contributed by atoms with Gasteiger partial charge in [-0.15, -0.1) is 0 Å². The number of amides is 4. The van der Waals surface area contributed by atoms with E-state index in [1.54, 1.807) is 27.7 Å². The number of nitrogens with one attached hydrogen (secondary N) is 4. The van der Waals surface area contributed by atoms with E-state index < -0.39 is 12.3 Å². The van der Waals surface area contributed by atoms with Gasteiger partial charge in [-0.1, -0.05) is 26.3 Å². The maximum Gasteiger partial charge on any atom is 0.247 e. The topological polar surface area (TPSA) is 116 Å². The van der Waals surface area contributed by atoms with Crippen LogP contribution in [0.4, 0.5) is 0 Å². The zero-order valence-corrected chi connectivity index (χ0v) is 15.8. The highest BCUT2D eigenvalue weighted by Gasteiger charge is 2.10. The highest BCUT2D eigenvalue weighted by molar-refractivity contribution is 5.94. The van der Waals surface area contributed by atoms with Crippen LogP contribution in [0.5, 0.6) is 0 Å². The van der Waals surface area contributed by atoms with Gasteiger partial charge in [0.15, 0.2) is 0 Å². The van der Waals surface area contributed by atoms with Crippen molar-refractivity contribution in [3.05, 3.63) is 49.6 Å². The van der Waals surface area contributed by atoms with Gasteiger partial charge in [-0.2, -0.15) is 0 Å². The third kappa shape index (κ3) is 13.3. The zero-order chi connectivity index (χ0) is 20.9. The van der Waals surface area contributed by atoms with E-state index in [1.165, 1.54) is 0 Å². The summed E-state index contributed by atoms with van der Waals surface area (Å²) in [4.78, 5) is 43.6. The number of carbonyl (C=O) groups is 4. The first-order chi connectivity index (χ1) is 11.9. The maximum atomic E-state index is 11.1. The first-order valence-electron chi connectivity index (χ1n) is 7.73. The van der Waals surface area contributed by atoms with Crippen LogP contribution in [-0.2, 0) is 19.2 Å². The molecule has 0 fully saturated rings. The van der Waals surface area contributed by atoms with Crippen LogP contribution >= 0.6 is 0 Å². The molecule has 0 aliphatic rings. The Morgan fingerprint density at radius 2 is 0.962 bits per heavy atom. The monoisotopic (exact) mass is 364 g/mol. The number of hydrogen-bond acceptors (Lipinski definition) is 4. The lowest BCUT2D eigenvalue weighted by Crippen LogP contribution is -2.46. The second-order valence-corrected chi connectivity index (χ2v) is 5.38. The average molecular weight is 364 g/mol. The van der Waals surface area contributed by atoms with Crippen LogP contribution in [0.25, 0.3) is 0 Å². The predicted molar refractivity (Wildman–Crippen MR) is 102 cm³/mol. The molecule has 0 aromatic heterocycles. The van der Waals surface area contributed by atoms with Crippen molar-refractivity contribution in [2.24, 2.45) is 0 Å². The zero-order valence-electron chi connectivity index (χ0n) is 15.8. The summed E-state index contributed by atoms with van der Waals surface area (Å²) in [5.41, 5.74) is 0.808. The molecule has 0 aromatic rings. The van der Waals surface area contributed by atoms with Crippen molar-refractivity contribution in [3.8, 4) is 0 Å². The molecule has 144 valence electrons. The molecule has 0 bridgehead atoms. The second-order valence-electron chi connectivity index (χ2n) is 5.38. The normalized spacial score (nSPS) is 9.15. The average Bonchev–Trinajstić information content (AvgIpc) is 2.54. The summed E-state index contributed by atoms with van der Waals surface area (Å²) in [5, 5.41) is 10.0. The van der Waals surface area contributed by atoms with Gasteiger partial charge in [0.1, 0.15) is 0 Å². The second kappa shape index (κ2) is 13.2. The number of rotatable bonds is 8. The molecule has 8 heteroatoms. The van der Waals surface area contributed by atoms with Crippen molar-refractivity contribution in [1.82, 2.24) is 21.3 Å². The molecule has 0 saturated carbocycles. The lowest BCUT2D eigenvalue weighted by atomic mass is 10.3. The summed E-state index contributed by atoms with van der Waals surface area (Å²) in [6.07, 6.45) is 1.43. The molecular weight excluding hydrogens is 336 g/mol. The fourth-order valence-electron chi connectivity index (χ4n) is 1.26. The van der Waals surface area contributed by atoms with Gasteiger partial charge in [0.05, 0.1) is 12.3 Å². The minimum Gasteiger partial charge on any atom is -0.333 e. The van der Waals surface area contributed by atoms with Gasteiger partial charge in [0.2, 0.25) is 23.6 Å². The van der Waals surface area contributed by atoms with E-state index in [0.717, 1.165) is 12.2 Å². The van der Waals surface area contributed by atoms with Crippen LogP contribution in [0.1, 0.15) is 27.7 Å². The molecule has 0 heterocycles. The molecule has 0 aliphatic carbocycles.